The molecule has 2 amide bonds. The maximum absolute atomic E-state index is 14.1. The minimum absolute atomic E-state index is 0.0150. The number of rotatable bonds is 5. The SMILES string of the molecule is COc1c(C(=O)N2CC[C@@H]3CN(C(=O)c4ccc(Oc5ccccc5)cc4)C[C@@H]3CC2)ccc(F)c1F. The van der Waals surface area contributed by atoms with Crippen molar-refractivity contribution in [3.8, 4) is 17.2 Å². The second kappa shape index (κ2) is 10.6. The topological polar surface area (TPSA) is 59.1 Å². The fraction of sp³-hybridized carbons (Fsp3) is 0.310. The predicted octanol–water partition coefficient (Wildman–Crippen LogP) is 5.39. The molecule has 0 radical (unpaired) electrons. The lowest BCUT2D eigenvalue weighted by atomic mass is 9.92. The highest BCUT2D eigenvalue weighted by Gasteiger charge is 2.38. The van der Waals surface area contributed by atoms with E-state index in [1.807, 2.05) is 35.2 Å². The number of methoxy groups -OCH3 is 1. The first-order valence-corrected chi connectivity index (χ1v) is 12.4. The van der Waals surface area contributed by atoms with Crippen LogP contribution in [0.4, 0.5) is 8.78 Å². The Morgan fingerprint density at radius 3 is 2.03 bits per heavy atom. The van der Waals surface area contributed by atoms with Crippen LogP contribution in [-0.4, -0.2) is 54.9 Å². The highest BCUT2D eigenvalue weighted by molar-refractivity contribution is 5.97. The van der Waals surface area contributed by atoms with E-state index < -0.39 is 11.6 Å². The van der Waals surface area contributed by atoms with E-state index in [4.69, 9.17) is 9.47 Å². The molecule has 6 nitrogen and oxygen atoms in total. The van der Waals surface area contributed by atoms with Crippen LogP contribution >= 0.6 is 0 Å². The Morgan fingerprint density at radius 1 is 0.784 bits per heavy atom. The van der Waals surface area contributed by atoms with Gasteiger partial charge in [-0.25, -0.2) is 4.39 Å². The molecule has 2 atom stereocenters. The summed E-state index contributed by atoms with van der Waals surface area (Å²) >= 11 is 0. The molecule has 2 fully saturated rings. The van der Waals surface area contributed by atoms with E-state index in [9.17, 15) is 18.4 Å². The van der Waals surface area contributed by atoms with Crippen molar-refractivity contribution in [2.24, 2.45) is 11.8 Å². The molecule has 0 saturated carbocycles. The number of hydrogen-bond acceptors (Lipinski definition) is 4. The Balaban J connectivity index is 1.20. The van der Waals surface area contributed by atoms with Gasteiger partial charge < -0.3 is 19.3 Å². The zero-order valence-electron chi connectivity index (χ0n) is 20.5. The minimum atomic E-state index is -1.16. The highest BCUT2D eigenvalue weighted by Crippen LogP contribution is 2.34. The molecule has 0 aliphatic carbocycles. The van der Waals surface area contributed by atoms with Crippen molar-refractivity contribution in [2.75, 3.05) is 33.3 Å². The summed E-state index contributed by atoms with van der Waals surface area (Å²) in [6.45, 7) is 2.22. The number of halogens is 2. The van der Waals surface area contributed by atoms with E-state index in [-0.39, 0.29) is 35.0 Å². The average Bonchev–Trinajstić information content (AvgIpc) is 3.23. The second-order valence-electron chi connectivity index (χ2n) is 9.48. The molecular formula is C29H28F2N2O4. The van der Waals surface area contributed by atoms with Crippen molar-refractivity contribution >= 4 is 11.8 Å². The number of carbonyl (C=O) groups excluding carboxylic acids is 2. The third-order valence-corrected chi connectivity index (χ3v) is 7.26. The van der Waals surface area contributed by atoms with Gasteiger partial charge in [-0.2, -0.15) is 4.39 Å². The molecule has 5 rings (SSSR count). The summed E-state index contributed by atoms with van der Waals surface area (Å²) in [7, 11) is 1.22. The van der Waals surface area contributed by atoms with Crippen molar-refractivity contribution < 1.29 is 27.8 Å². The minimum Gasteiger partial charge on any atom is -0.493 e. The lowest BCUT2D eigenvalue weighted by Gasteiger charge is -2.23. The van der Waals surface area contributed by atoms with Crippen molar-refractivity contribution in [3.63, 3.8) is 0 Å². The maximum Gasteiger partial charge on any atom is 0.257 e. The van der Waals surface area contributed by atoms with Gasteiger partial charge in [0.15, 0.2) is 11.6 Å². The lowest BCUT2D eigenvalue weighted by Crippen LogP contribution is -2.34. The van der Waals surface area contributed by atoms with Gasteiger partial charge in [0.2, 0.25) is 5.82 Å². The number of para-hydroxylation sites is 1. The molecule has 0 spiro atoms. The van der Waals surface area contributed by atoms with E-state index in [1.165, 1.54) is 13.2 Å². The maximum atomic E-state index is 14.1. The molecule has 0 bridgehead atoms. The van der Waals surface area contributed by atoms with Crippen LogP contribution in [-0.2, 0) is 0 Å². The van der Waals surface area contributed by atoms with Crippen molar-refractivity contribution in [3.05, 3.63) is 89.5 Å². The van der Waals surface area contributed by atoms with Crippen molar-refractivity contribution in [2.45, 2.75) is 12.8 Å². The highest BCUT2D eigenvalue weighted by atomic mass is 19.2. The second-order valence-corrected chi connectivity index (χ2v) is 9.48. The van der Waals surface area contributed by atoms with Gasteiger partial charge in [0.25, 0.3) is 11.8 Å². The number of nitrogens with zero attached hydrogens (tertiary/aromatic N) is 2. The van der Waals surface area contributed by atoms with Crippen LogP contribution in [0.5, 0.6) is 17.2 Å². The van der Waals surface area contributed by atoms with Crippen LogP contribution in [0.2, 0.25) is 0 Å². The van der Waals surface area contributed by atoms with Crippen molar-refractivity contribution in [1.29, 1.82) is 0 Å². The fourth-order valence-corrected chi connectivity index (χ4v) is 5.26. The van der Waals surface area contributed by atoms with E-state index in [0.29, 0.717) is 37.5 Å². The molecule has 2 saturated heterocycles. The molecular weight excluding hydrogens is 478 g/mol. The van der Waals surface area contributed by atoms with Crippen LogP contribution in [0.15, 0.2) is 66.7 Å². The standard InChI is InChI=1S/C29H28F2N2O4/c1-36-27-24(11-12-25(30)26(27)31)29(35)32-15-13-20-17-33(18-21(20)14-16-32)28(34)19-7-9-23(10-8-19)37-22-5-3-2-4-6-22/h2-12,20-21H,13-18H2,1H3/t20-,21+. The molecule has 2 heterocycles. The van der Waals surface area contributed by atoms with Crippen LogP contribution in [0.1, 0.15) is 33.6 Å². The van der Waals surface area contributed by atoms with Crippen LogP contribution in [0.25, 0.3) is 0 Å². The normalized spacial score (nSPS) is 19.2. The number of benzene rings is 3. The monoisotopic (exact) mass is 506 g/mol. The number of carbonyl (C=O) groups is 2. The van der Waals surface area contributed by atoms with Gasteiger partial charge in [-0.15, -0.1) is 0 Å². The average molecular weight is 507 g/mol. The Labute approximate surface area is 214 Å². The number of hydrogen-bond donors (Lipinski definition) is 0. The number of amides is 2. The largest absolute Gasteiger partial charge is 0.493 e. The number of ether oxygens (including phenoxy) is 2. The molecule has 8 heteroatoms. The summed E-state index contributed by atoms with van der Waals surface area (Å²) in [6.07, 6.45) is 1.46. The first kappa shape index (κ1) is 24.7. The Bertz CT molecular complexity index is 1270. The first-order chi connectivity index (χ1) is 17.9. The van der Waals surface area contributed by atoms with E-state index >= 15 is 0 Å². The molecule has 2 aliphatic heterocycles. The fourth-order valence-electron chi connectivity index (χ4n) is 5.26. The van der Waals surface area contributed by atoms with Crippen LogP contribution in [0, 0.1) is 23.5 Å². The zero-order valence-corrected chi connectivity index (χ0v) is 20.5. The summed E-state index contributed by atoms with van der Waals surface area (Å²) in [5, 5.41) is 0. The van der Waals surface area contributed by atoms with Gasteiger partial charge in [0, 0.05) is 31.7 Å². The van der Waals surface area contributed by atoms with Crippen molar-refractivity contribution in [1.82, 2.24) is 9.80 Å². The van der Waals surface area contributed by atoms with Gasteiger partial charge in [-0.1, -0.05) is 18.2 Å². The van der Waals surface area contributed by atoms with Gasteiger partial charge in [0.05, 0.1) is 12.7 Å². The van der Waals surface area contributed by atoms with Crippen LogP contribution < -0.4 is 9.47 Å². The molecule has 2 aliphatic rings. The molecule has 37 heavy (non-hydrogen) atoms. The zero-order chi connectivity index (χ0) is 25.9. The molecule has 0 aromatic heterocycles. The van der Waals surface area contributed by atoms with Gasteiger partial charge in [-0.3, -0.25) is 9.59 Å². The molecule has 0 unspecified atom stereocenters. The molecule has 192 valence electrons. The molecule has 3 aromatic carbocycles. The Kier molecular flexibility index (Phi) is 7.08. The molecule has 3 aromatic rings. The summed E-state index contributed by atoms with van der Waals surface area (Å²) in [4.78, 5) is 29.8. The third kappa shape index (κ3) is 5.14. The summed E-state index contributed by atoms with van der Waals surface area (Å²) in [5.74, 6) is -1.03. The van der Waals surface area contributed by atoms with Gasteiger partial charge in [-0.05, 0) is 73.2 Å². The van der Waals surface area contributed by atoms with Crippen LogP contribution in [0.3, 0.4) is 0 Å². The molecule has 0 N–H and O–H groups in total. The van der Waals surface area contributed by atoms with Gasteiger partial charge in [0.1, 0.15) is 11.5 Å². The first-order valence-electron chi connectivity index (χ1n) is 12.4. The van der Waals surface area contributed by atoms with Gasteiger partial charge >= 0.3 is 0 Å². The Hall–Kier alpha value is -3.94. The number of likely N-dealkylation sites (tertiary alicyclic amines) is 2. The lowest BCUT2D eigenvalue weighted by molar-refractivity contribution is 0.0731. The predicted molar refractivity (Wildman–Crippen MR) is 134 cm³/mol. The smallest absolute Gasteiger partial charge is 0.257 e. The quantitative estimate of drug-likeness (QED) is 0.466. The van der Waals surface area contributed by atoms with E-state index in [2.05, 4.69) is 0 Å². The Morgan fingerprint density at radius 2 is 1.41 bits per heavy atom. The third-order valence-electron chi connectivity index (χ3n) is 7.26. The summed E-state index contributed by atoms with van der Waals surface area (Å²) < 4.78 is 38.5. The summed E-state index contributed by atoms with van der Waals surface area (Å²) in [5.41, 5.74) is 0.629. The number of fused-ring (bicyclic) bond motifs is 1. The summed E-state index contributed by atoms with van der Waals surface area (Å²) in [6, 6.07) is 18.8. The van der Waals surface area contributed by atoms with E-state index in [0.717, 1.165) is 24.7 Å². The van der Waals surface area contributed by atoms with E-state index in [1.54, 1.807) is 29.2 Å².